The first-order valence-electron chi connectivity index (χ1n) is 17.5. The van der Waals surface area contributed by atoms with E-state index < -0.39 is 0 Å². The predicted octanol–water partition coefficient (Wildman–Crippen LogP) is 9.72. The van der Waals surface area contributed by atoms with Crippen LogP contribution < -0.4 is 24.3 Å². The largest absolute Gasteiger partial charge is 0.493 e. The highest BCUT2D eigenvalue weighted by Crippen LogP contribution is 2.39. The first-order valence-corrected chi connectivity index (χ1v) is 17.5. The first kappa shape index (κ1) is 33.2. The zero-order valence-electron chi connectivity index (χ0n) is 29.4. The second kappa shape index (κ2) is 15.1. The summed E-state index contributed by atoms with van der Waals surface area (Å²) < 4.78 is 22.0. The molecule has 2 aliphatic rings. The average molecular weight is 664 g/mol. The molecule has 0 saturated heterocycles. The van der Waals surface area contributed by atoms with Crippen LogP contribution in [-0.2, 0) is 25.7 Å². The molecule has 5 nitrogen and oxygen atoms in total. The molecule has 254 valence electrons. The van der Waals surface area contributed by atoms with E-state index in [-0.39, 0.29) is 6.04 Å². The molecule has 0 spiro atoms. The molecular formula is C45H45NO4. The number of allylic oxidation sites excluding steroid dienone is 2. The highest BCUT2D eigenvalue weighted by Gasteiger charge is 2.23. The van der Waals surface area contributed by atoms with Crippen LogP contribution in [0.25, 0.3) is 27.1 Å². The Balaban J connectivity index is 0.000000157. The van der Waals surface area contributed by atoms with E-state index in [1.54, 1.807) is 28.4 Å². The van der Waals surface area contributed by atoms with Crippen LogP contribution in [0.15, 0.2) is 115 Å². The fourth-order valence-corrected chi connectivity index (χ4v) is 7.60. The van der Waals surface area contributed by atoms with Gasteiger partial charge >= 0.3 is 0 Å². The minimum atomic E-state index is 0.286. The minimum Gasteiger partial charge on any atom is -0.493 e. The molecule has 0 saturated carbocycles. The van der Waals surface area contributed by atoms with Crippen molar-refractivity contribution in [1.82, 2.24) is 5.32 Å². The number of aryl methyl sites for hydroxylation is 1. The number of ether oxygens (including phenoxy) is 4. The van der Waals surface area contributed by atoms with Crippen LogP contribution in [0.5, 0.6) is 23.0 Å². The molecule has 1 heterocycles. The zero-order valence-corrected chi connectivity index (χ0v) is 29.4. The summed E-state index contributed by atoms with van der Waals surface area (Å²) in [6.45, 7) is 0.984. The van der Waals surface area contributed by atoms with E-state index in [0.29, 0.717) is 0 Å². The van der Waals surface area contributed by atoms with Gasteiger partial charge < -0.3 is 24.3 Å². The Hall–Kier alpha value is -5.26. The lowest BCUT2D eigenvalue weighted by Crippen LogP contribution is -2.31. The fraction of sp³-hybridized carbons (Fsp3) is 0.244. The Bertz CT molecular complexity index is 2160. The molecule has 6 aromatic rings. The number of hydrogen-bond donors (Lipinski definition) is 1. The van der Waals surface area contributed by atoms with Crippen molar-refractivity contribution in [3.05, 3.63) is 149 Å². The molecule has 0 unspecified atom stereocenters. The molecule has 0 aromatic heterocycles. The standard InChI is InChI=1S/C23H22O2.C22H23NO2/c1-24-22-14-19-11-6-10-18(21(19)15-23(22)25-2)13-17-9-5-8-16-7-3-4-12-20(16)17;1-24-21-13-17-10-11-23-20(19(17)14-22(21)25-2)12-16-8-5-7-15-6-3-4-9-18(15)16/h3-5,7-10,12,14-15H,6,11,13H2,1-2H3;3-9,13-14,20,23H,10-12H2,1-2H3/t;20-/m.1/s1. The van der Waals surface area contributed by atoms with E-state index in [1.165, 1.54) is 60.5 Å². The van der Waals surface area contributed by atoms with Crippen LogP contribution in [0, 0.1) is 0 Å². The summed E-state index contributed by atoms with van der Waals surface area (Å²) in [6.07, 6.45) is 7.41. The maximum atomic E-state index is 5.52. The van der Waals surface area contributed by atoms with Crippen molar-refractivity contribution in [2.45, 2.75) is 38.1 Å². The maximum Gasteiger partial charge on any atom is 0.161 e. The average Bonchev–Trinajstić information content (AvgIpc) is 3.17. The summed E-state index contributed by atoms with van der Waals surface area (Å²) in [5.74, 6) is 3.22. The van der Waals surface area contributed by atoms with E-state index in [9.17, 15) is 0 Å². The van der Waals surface area contributed by atoms with Crippen molar-refractivity contribution in [2.75, 3.05) is 35.0 Å². The first-order chi connectivity index (χ1) is 24.6. The van der Waals surface area contributed by atoms with Crippen LogP contribution in [0.1, 0.15) is 45.8 Å². The summed E-state index contributed by atoms with van der Waals surface area (Å²) in [5.41, 5.74) is 9.41. The second-order valence-corrected chi connectivity index (χ2v) is 13.0. The van der Waals surface area contributed by atoms with Gasteiger partial charge in [0.25, 0.3) is 0 Å². The number of benzene rings is 6. The van der Waals surface area contributed by atoms with Crippen LogP contribution in [-0.4, -0.2) is 35.0 Å². The Kier molecular flexibility index (Phi) is 10.0. The van der Waals surface area contributed by atoms with E-state index in [4.69, 9.17) is 18.9 Å². The lowest BCUT2D eigenvalue weighted by molar-refractivity contribution is 0.352. The number of hydrogen-bond acceptors (Lipinski definition) is 5. The molecule has 1 aliphatic heterocycles. The molecule has 1 aliphatic carbocycles. The summed E-state index contributed by atoms with van der Waals surface area (Å²) >= 11 is 0. The van der Waals surface area contributed by atoms with E-state index in [0.717, 1.165) is 61.6 Å². The molecular weight excluding hydrogens is 618 g/mol. The molecule has 6 aromatic carbocycles. The van der Waals surface area contributed by atoms with Crippen molar-refractivity contribution in [3.8, 4) is 23.0 Å². The van der Waals surface area contributed by atoms with E-state index in [1.807, 2.05) is 0 Å². The van der Waals surface area contributed by atoms with Crippen molar-refractivity contribution < 1.29 is 18.9 Å². The third-order valence-corrected chi connectivity index (χ3v) is 10.1. The van der Waals surface area contributed by atoms with Gasteiger partial charge in [0.15, 0.2) is 23.0 Å². The summed E-state index contributed by atoms with van der Waals surface area (Å²) in [7, 11) is 6.78. The lowest BCUT2D eigenvalue weighted by atomic mass is 9.86. The highest BCUT2D eigenvalue weighted by molar-refractivity contribution is 5.88. The lowest BCUT2D eigenvalue weighted by Gasteiger charge is -2.28. The van der Waals surface area contributed by atoms with Gasteiger partial charge in [-0.2, -0.15) is 0 Å². The molecule has 0 amide bonds. The zero-order chi connectivity index (χ0) is 34.5. The number of nitrogens with one attached hydrogen (secondary N) is 1. The SMILES string of the molecule is COc1cc2c(cc1OC)C(Cc1cccc3ccccc13)=CCC2.COc1cc2c(cc1OC)[C@@H](Cc1cccc3ccccc13)NCC2. The van der Waals surface area contributed by atoms with Gasteiger partial charge in [0.1, 0.15) is 0 Å². The minimum absolute atomic E-state index is 0.286. The van der Waals surface area contributed by atoms with Gasteiger partial charge in [0.2, 0.25) is 0 Å². The number of methoxy groups -OCH3 is 4. The third-order valence-electron chi connectivity index (χ3n) is 10.1. The smallest absolute Gasteiger partial charge is 0.161 e. The molecule has 0 fully saturated rings. The monoisotopic (exact) mass is 663 g/mol. The van der Waals surface area contributed by atoms with Crippen molar-refractivity contribution in [3.63, 3.8) is 0 Å². The predicted molar refractivity (Wildman–Crippen MR) is 205 cm³/mol. The molecule has 1 atom stereocenters. The van der Waals surface area contributed by atoms with Crippen LogP contribution in [0.4, 0.5) is 0 Å². The molecule has 0 bridgehead atoms. The van der Waals surface area contributed by atoms with Gasteiger partial charge in [-0.3, -0.25) is 0 Å². The van der Waals surface area contributed by atoms with E-state index >= 15 is 0 Å². The van der Waals surface area contributed by atoms with Crippen LogP contribution in [0.2, 0.25) is 0 Å². The van der Waals surface area contributed by atoms with Crippen LogP contribution in [0.3, 0.4) is 0 Å². The van der Waals surface area contributed by atoms with Gasteiger partial charge in [-0.1, -0.05) is 91.0 Å². The Labute approximate surface area is 295 Å². The molecule has 0 radical (unpaired) electrons. The summed E-state index contributed by atoms with van der Waals surface area (Å²) in [6, 6.07) is 39.1. The Morgan fingerprint density at radius 2 is 1.14 bits per heavy atom. The van der Waals surface area contributed by atoms with Gasteiger partial charge in [0, 0.05) is 6.04 Å². The molecule has 5 heteroatoms. The molecule has 50 heavy (non-hydrogen) atoms. The molecule has 1 N–H and O–H groups in total. The maximum absolute atomic E-state index is 5.52. The fourth-order valence-electron chi connectivity index (χ4n) is 7.60. The molecule has 8 rings (SSSR count). The highest BCUT2D eigenvalue weighted by atomic mass is 16.5. The van der Waals surface area contributed by atoms with Crippen molar-refractivity contribution in [1.29, 1.82) is 0 Å². The van der Waals surface area contributed by atoms with Gasteiger partial charge in [-0.15, -0.1) is 0 Å². The van der Waals surface area contributed by atoms with Gasteiger partial charge in [-0.05, 0) is 123 Å². The third kappa shape index (κ3) is 6.79. The quantitative estimate of drug-likeness (QED) is 0.176. The topological polar surface area (TPSA) is 49.0 Å². The Morgan fingerprint density at radius 3 is 1.82 bits per heavy atom. The normalized spacial score (nSPS) is 14.9. The summed E-state index contributed by atoms with van der Waals surface area (Å²) in [4.78, 5) is 0. The summed E-state index contributed by atoms with van der Waals surface area (Å²) in [5, 5.41) is 8.94. The van der Waals surface area contributed by atoms with Gasteiger partial charge in [0.05, 0.1) is 28.4 Å². The van der Waals surface area contributed by atoms with E-state index in [2.05, 4.69) is 121 Å². The van der Waals surface area contributed by atoms with Crippen molar-refractivity contribution in [2.24, 2.45) is 0 Å². The number of fused-ring (bicyclic) bond motifs is 4. The second-order valence-electron chi connectivity index (χ2n) is 13.0. The van der Waals surface area contributed by atoms with Crippen molar-refractivity contribution >= 4 is 27.1 Å². The van der Waals surface area contributed by atoms with Crippen LogP contribution >= 0.6 is 0 Å². The number of rotatable bonds is 8. The van der Waals surface area contributed by atoms with Gasteiger partial charge in [-0.25, -0.2) is 0 Å². The Morgan fingerprint density at radius 1 is 0.580 bits per heavy atom.